The second-order valence-corrected chi connectivity index (χ2v) is 6.09. The van der Waals surface area contributed by atoms with Crippen molar-refractivity contribution in [2.45, 2.75) is 39.5 Å². The van der Waals surface area contributed by atoms with E-state index < -0.39 is 0 Å². The fourth-order valence-corrected chi connectivity index (χ4v) is 2.93. The highest BCUT2D eigenvalue weighted by Crippen LogP contribution is 2.20. The number of benzene rings is 1. The van der Waals surface area contributed by atoms with Crippen molar-refractivity contribution in [2.75, 3.05) is 29.9 Å². The molecule has 1 N–H and O–H groups in total. The normalized spacial score (nSPS) is 14.2. The van der Waals surface area contributed by atoms with Crippen LogP contribution in [0.25, 0.3) is 0 Å². The third-order valence-electron chi connectivity index (χ3n) is 4.12. The lowest BCUT2D eigenvalue weighted by Crippen LogP contribution is -2.38. The number of piperidine rings is 1. The van der Waals surface area contributed by atoms with Gasteiger partial charge in [0.05, 0.1) is 0 Å². The first-order valence-electron chi connectivity index (χ1n) is 8.41. The molecule has 24 heavy (non-hydrogen) atoms. The number of carbonyl (C=O) groups is 3. The minimum Gasteiger partial charge on any atom is -0.343 e. The number of hydrogen-bond donors (Lipinski definition) is 1. The Balaban J connectivity index is 2.02. The number of nitrogens with zero attached hydrogens (tertiary/aromatic N) is 2. The molecule has 6 heteroatoms. The smallest absolute Gasteiger partial charge is 0.224 e. The summed E-state index contributed by atoms with van der Waals surface area (Å²) in [4.78, 5) is 38.9. The Bertz CT molecular complexity index is 609. The molecule has 3 amide bonds. The first-order valence-corrected chi connectivity index (χ1v) is 8.41. The Kier molecular flexibility index (Phi) is 6.35. The molecule has 0 bridgehead atoms. The lowest BCUT2D eigenvalue weighted by atomic mass is 10.1. The van der Waals surface area contributed by atoms with Crippen molar-refractivity contribution >= 4 is 29.1 Å². The van der Waals surface area contributed by atoms with E-state index in [9.17, 15) is 14.4 Å². The fraction of sp³-hybridized carbons (Fsp3) is 0.500. The molecule has 0 aliphatic carbocycles. The number of nitrogens with one attached hydrogen (secondary N) is 1. The van der Waals surface area contributed by atoms with Crippen LogP contribution in [-0.4, -0.2) is 42.3 Å². The van der Waals surface area contributed by atoms with E-state index in [1.165, 1.54) is 20.3 Å². The van der Waals surface area contributed by atoms with Crippen LogP contribution in [0.5, 0.6) is 0 Å². The second kappa shape index (κ2) is 8.47. The summed E-state index contributed by atoms with van der Waals surface area (Å²) in [6, 6.07) is 7.09. The molecule has 0 unspecified atom stereocenters. The maximum Gasteiger partial charge on any atom is 0.224 e. The van der Waals surface area contributed by atoms with Gasteiger partial charge < -0.3 is 15.1 Å². The zero-order valence-electron chi connectivity index (χ0n) is 14.4. The molecule has 1 aromatic rings. The van der Waals surface area contributed by atoms with Gasteiger partial charge in [-0.15, -0.1) is 0 Å². The Morgan fingerprint density at radius 2 is 1.83 bits per heavy atom. The minimum atomic E-state index is -0.165. The van der Waals surface area contributed by atoms with Crippen LogP contribution in [-0.2, 0) is 14.4 Å². The number of rotatable bonds is 5. The number of hydrogen-bond acceptors (Lipinski definition) is 3. The quantitative estimate of drug-likeness (QED) is 0.901. The first kappa shape index (κ1) is 18.0. The van der Waals surface area contributed by atoms with Crippen molar-refractivity contribution in [2.24, 2.45) is 0 Å². The molecule has 0 saturated carbocycles. The van der Waals surface area contributed by atoms with Gasteiger partial charge in [0.2, 0.25) is 17.7 Å². The van der Waals surface area contributed by atoms with Gasteiger partial charge in [0.1, 0.15) is 0 Å². The van der Waals surface area contributed by atoms with Gasteiger partial charge in [-0.3, -0.25) is 14.4 Å². The van der Waals surface area contributed by atoms with Crippen LogP contribution in [0.3, 0.4) is 0 Å². The fourth-order valence-electron chi connectivity index (χ4n) is 2.93. The number of amides is 3. The SMILES string of the molecule is CC(=O)Nc1cccc(N(CCC(=O)N2CCCCC2)C(C)=O)c1. The summed E-state index contributed by atoms with van der Waals surface area (Å²) < 4.78 is 0. The van der Waals surface area contributed by atoms with E-state index in [1.807, 2.05) is 4.90 Å². The van der Waals surface area contributed by atoms with Crippen molar-refractivity contribution in [3.8, 4) is 0 Å². The molecule has 0 aromatic heterocycles. The number of anilines is 2. The summed E-state index contributed by atoms with van der Waals surface area (Å²) in [6.07, 6.45) is 3.60. The first-order chi connectivity index (χ1) is 11.5. The molecule has 0 radical (unpaired) electrons. The summed E-state index contributed by atoms with van der Waals surface area (Å²) in [7, 11) is 0. The van der Waals surface area contributed by atoms with E-state index in [0.29, 0.717) is 24.3 Å². The predicted molar refractivity (Wildman–Crippen MR) is 93.8 cm³/mol. The van der Waals surface area contributed by atoms with Gasteiger partial charge in [0.25, 0.3) is 0 Å². The average molecular weight is 331 g/mol. The molecule has 2 rings (SSSR count). The molecule has 1 fully saturated rings. The summed E-state index contributed by atoms with van der Waals surface area (Å²) >= 11 is 0. The van der Waals surface area contributed by atoms with Crippen LogP contribution >= 0.6 is 0 Å². The van der Waals surface area contributed by atoms with E-state index in [1.54, 1.807) is 29.2 Å². The van der Waals surface area contributed by atoms with Crippen molar-refractivity contribution in [1.29, 1.82) is 0 Å². The zero-order valence-corrected chi connectivity index (χ0v) is 14.4. The van der Waals surface area contributed by atoms with Gasteiger partial charge >= 0.3 is 0 Å². The molecule has 1 aliphatic heterocycles. The predicted octanol–water partition coefficient (Wildman–Crippen LogP) is 2.40. The lowest BCUT2D eigenvalue weighted by Gasteiger charge is -2.28. The van der Waals surface area contributed by atoms with Gasteiger partial charge in [-0.2, -0.15) is 0 Å². The largest absolute Gasteiger partial charge is 0.343 e. The molecule has 1 aliphatic rings. The highest BCUT2D eigenvalue weighted by Gasteiger charge is 2.19. The van der Waals surface area contributed by atoms with Crippen molar-refractivity contribution < 1.29 is 14.4 Å². The Labute approximate surface area is 142 Å². The van der Waals surface area contributed by atoms with Crippen LogP contribution in [0, 0.1) is 0 Å². The van der Waals surface area contributed by atoms with Gasteiger partial charge in [-0.05, 0) is 37.5 Å². The molecular weight excluding hydrogens is 306 g/mol. The average Bonchev–Trinajstić information content (AvgIpc) is 2.55. The molecule has 0 spiro atoms. The van der Waals surface area contributed by atoms with E-state index >= 15 is 0 Å². The van der Waals surface area contributed by atoms with Gasteiger partial charge in [0.15, 0.2) is 0 Å². The zero-order chi connectivity index (χ0) is 17.5. The van der Waals surface area contributed by atoms with Crippen molar-refractivity contribution in [3.05, 3.63) is 24.3 Å². The molecule has 6 nitrogen and oxygen atoms in total. The highest BCUT2D eigenvalue weighted by atomic mass is 16.2. The van der Waals surface area contributed by atoms with Crippen molar-refractivity contribution in [1.82, 2.24) is 4.90 Å². The third-order valence-corrected chi connectivity index (χ3v) is 4.12. The van der Waals surface area contributed by atoms with Gasteiger partial charge in [-0.25, -0.2) is 0 Å². The summed E-state index contributed by atoms with van der Waals surface area (Å²) in [5.41, 5.74) is 1.31. The highest BCUT2D eigenvalue weighted by molar-refractivity contribution is 5.94. The molecule has 0 atom stereocenters. The van der Waals surface area contributed by atoms with Crippen molar-refractivity contribution in [3.63, 3.8) is 0 Å². The Morgan fingerprint density at radius 1 is 1.12 bits per heavy atom. The topological polar surface area (TPSA) is 69.7 Å². The van der Waals surface area contributed by atoms with Gasteiger partial charge in [0, 0.05) is 51.3 Å². The number of likely N-dealkylation sites (tertiary alicyclic amines) is 1. The molecule has 1 saturated heterocycles. The summed E-state index contributed by atoms with van der Waals surface area (Å²) in [5, 5.41) is 2.70. The monoisotopic (exact) mass is 331 g/mol. The van der Waals surface area contributed by atoms with Crippen LogP contribution in [0.4, 0.5) is 11.4 Å². The van der Waals surface area contributed by atoms with Crippen LogP contribution in [0.1, 0.15) is 39.5 Å². The van der Waals surface area contributed by atoms with Crippen LogP contribution in [0.2, 0.25) is 0 Å². The standard InChI is InChI=1S/C18H25N3O3/c1-14(22)19-16-7-6-8-17(13-16)21(15(2)23)12-9-18(24)20-10-4-3-5-11-20/h6-8,13H,3-5,9-12H2,1-2H3,(H,19,22). The van der Waals surface area contributed by atoms with Gasteiger partial charge in [-0.1, -0.05) is 6.07 Å². The van der Waals surface area contributed by atoms with E-state index in [0.717, 1.165) is 25.9 Å². The minimum absolute atomic E-state index is 0.0963. The van der Waals surface area contributed by atoms with Crippen LogP contribution < -0.4 is 10.2 Å². The Morgan fingerprint density at radius 3 is 2.46 bits per heavy atom. The van der Waals surface area contributed by atoms with E-state index in [2.05, 4.69) is 5.32 Å². The summed E-state index contributed by atoms with van der Waals surface area (Å²) in [5.74, 6) is -0.192. The lowest BCUT2D eigenvalue weighted by molar-refractivity contribution is -0.131. The molecule has 130 valence electrons. The number of carbonyl (C=O) groups excluding carboxylic acids is 3. The molecule has 1 heterocycles. The summed E-state index contributed by atoms with van der Waals surface area (Å²) in [6.45, 7) is 4.89. The maximum absolute atomic E-state index is 12.3. The van der Waals surface area contributed by atoms with E-state index in [-0.39, 0.29) is 17.7 Å². The Hall–Kier alpha value is -2.37. The van der Waals surface area contributed by atoms with Crippen LogP contribution in [0.15, 0.2) is 24.3 Å². The van der Waals surface area contributed by atoms with E-state index in [4.69, 9.17) is 0 Å². The maximum atomic E-state index is 12.3. The molecular formula is C18H25N3O3. The third kappa shape index (κ3) is 5.08. The second-order valence-electron chi connectivity index (χ2n) is 6.09. The molecule has 1 aromatic carbocycles.